The minimum atomic E-state index is -1.09. The van der Waals surface area contributed by atoms with E-state index in [0.717, 1.165) is 115 Å². The zero-order valence-electron chi connectivity index (χ0n) is 41.3. The Morgan fingerprint density at radius 1 is 0.629 bits per heavy atom. The van der Waals surface area contributed by atoms with E-state index in [9.17, 15) is 29.1 Å². The van der Waals surface area contributed by atoms with Gasteiger partial charge >= 0.3 is 11.9 Å². The van der Waals surface area contributed by atoms with Gasteiger partial charge in [-0.1, -0.05) is 144 Å². The highest BCUT2D eigenvalue weighted by molar-refractivity contribution is 5.84. The van der Waals surface area contributed by atoms with Crippen molar-refractivity contribution in [2.45, 2.75) is 221 Å². The fraction of sp³-hybridized carbons (Fsp3) is 0.860. The molecule has 62 heavy (non-hydrogen) atoms. The van der Waals surface area contributed by atoms with Crippen LogP contribution < -0.4 is 10.6 Å². The number of hydrogen-bond donors (Lipinski definition) is 4. The van der Waals surface area contributed by atoms with Crippen LogP contribution >= 0.6 is 0 Å². The number of carbonyl (C=O) groups excluding carboxylic acids is 3. The molecule has 12 heteroatoms. The summed E-state index contributed by atoms with van der Waals surface area (Å²) in [4.78, 5) is 56.4. The monoisotopic (exact) mass is 887 g/mol. The van der Waals surface area contributed by atoms with Crippen molar-refractivity contribution < 1.29 is 48.4 Å². The maximum absolute atomic E-state index is 12.1. The van der Waals surface area contributed by atoms with Crippen molar-refractivity contribution in [3.8, 4) is 0 Å². The van der Waals surface area contributed by atoms with E-state index in [1.54, 1.807) is 14.2 Å². The molecular weight excluding hydrogens is 789 g/mol. The first kappa shape index (κ1) is 65.8. The Morgan fingerprint density at radius 2 is 1.13 bits per heavy atom. The molecule has 368 valence electrons. The highest BCUT2D eigenvalue weighted by Gasteiger charge is 2.20. The Hall–Kier alpha value is -2.83. The number of carboxylic acids is 2. The molecule has 0 fully saturated rings. The van der Waals surface area contributed by atoms with Crippen LogP contribution in [0.1, 0.15) is 215 Å². The molecule has 0 aromatic rings. The third kappa shape index (κ3) is 57.2. The van der Waals surface area contributed by atoms with Crippen LogP contribution in [0.4, 0.5) is 0 Å². The fourth-order valence-electron chi connectivity index (χ4n) is 6.11. The summed E-state index contributed by atoms with van der Waals surface area (Å²) in [6.45, 7) is 20.0. The second-order valence-corrected chi connectivity index (χ2v) is 16.4. The summed E-state index contributed by atoms with van der Waals surface area (Å²) < 4.78 is 15.4. The van der Waals surface area contributed by atoms with Crippen LogP contribution in [-0.2, 0) is 38.2 Å². The van der Waals surface area contributed by atoms with E-state index in [1.165, 1.54) is 51.4 Å². The number of carboxylic acid groups (broad SMARTS) is 2. The molecular formula is C50H98N2O10. The highest BCUT2D eigenvalue weighted by Crippen LogP contribution is 2.15. The first-order chi connectivity index (χ1) is 29.9. The molecule has 0 saturated carbocycles. The highest BCUT2D eigenvalue weighted by atomic mass is 16.5. The number of ketones is 1. The van der Waals surface area contributed by atoms with Gasteiger partial charge < -0.3 is 39.9 Å². The normalized spacial score (nSPS) is 11.4. The van der Waals surface area contributed by atoms with Gasteiger partial charge in [-0.25, -0.2) is 4.79 Å². The number of rotatable bonds is 42. The van der Waals surface area contributed by atoms with Crippen molar-refractivity contribution in [1.29, 1.82) is 0 Å². The van der Waals surface area contributed by atoms with E-state index in [1.807, 2.05) is 13.8 Å². The second-order valence-electron chi connectivity index (χ2n) is 16.4. The summed E-state index contributed by atoms with van der Waals surface area (Å²) in [5.74, 6) is -0.585. The maximum atomic E-state index is 12.1. The molecule has 0 spiro atoms. The molecule has 0 radical (unpaired) electrons. The first-order valence-corrected chi connectivity index (χ1v) is 24.5. The lowest BCUT2D eigenvalue weighted by Crippen LogP contribution is -2.41. The lowest BCUT2D eigenvalue weighted by Gasteiger charge is -2.14. The van der Waals surface area contributed by atoms with Crippen molar-refractivity contribution in [2.75, 3.05) is 47.2 Å². The molecule has 0 aliphatic heterocycles. The van der Waals surface area contributed by atoms with Crippen molar-refractivity contribution in [2.24, 2.45) is 11.8 Å². The molecule has 0 bridgehead atoms. The van der Waals surface area contributed by atoms with Gasteiger partial charge in [-0.05, 0) is 56.8 Å². The summed E-state index contributed by atoms with van der Waals surface area (Å²) in [7, 11) is 3.29. The fourth-order valence-corrected chi connectivity index (χ4v) is 6.11. The van der Waals surface area contributed by atoms with E-state index >= 15 is 0 Å². The van der Waals surface area contributed by atoms with Gasteiger partial charge in [0, 0.05) is 71.8 Å². The van der Waals surface area contributed by atoms with E-state index in [2.05, 4.69) is 44.9 Å². The Balaban J connectivity index is -0.000000555. The van der Waals surface area contributed by atoms with E-state index in [-0.39, 0.29) is 24.5 Å². The van der Waals surface area contributed by atoms with Gasteiger partial charge in [0.15, 0.2) is 0 Å². The van der Waals surface area contributed by atoms with Crippen LogP contribution in [-0.4, -0.2) is 93.4 Å². The summed E-state index contributed by atoms with van der Waals surface area (Å²) >= 11 is 0. The zero-order chi connectivity index (χ0) is 47.5. The molecule has 0 aromatic carbocycles. The topological polar surface area (TPSA) is 178 Å². The minimum absolute atomic E-state index is 0.0443. The predicted octanol–water partition coefficient (Wildman–Crippen LogP) is 11.7. The Labute approximate surface area is 380 Å². The molecule has 0 heterocycles. The number of aliphatic carboxylic acids is 2. The lowest BCUT2D eigenvalue weighted by atomic mass is 9.98. The molecule has 2 atom stereocenters. The van der Waals surface area contributed by atoms with Crippen molar-refractivity contribution in [3.05, 3.63) is 12.3 Å². The van der Waals surface area contributed by atoms with Gasteiger partial charge in [0.1, 0.15) is 18.1 Å². The number of hydrogen-bond acceptors (Lipinski definition) is 9. The number of methoxy groups -OCH3 is 2. The van der Waals surface area contributed by atoms with Gasteiger partial charge in [-0.15, -0.1) is 0 Å². The Morgan fingerprint density at radius 3 is 1.58 bits per heavy atom. The average molecular weight is 887 g/mol. The lowest BCUT2D eigenvalue weighted by molar-refractivity contribution is -0.142. The smallest absolute Gasteiger partial charge is 0.326 e. The molecule has 0 rings (SSSR count). The number of Topliss-reactive ketones (excluding diaryl/α,β-unsaturated/α-hetero) is 1. The van der Waals surface area contributed by atoms with Gasteiger partial charge in [0.25, 0.3) is 0 Å². The second kappa shape index (κ2) is 54.3. The zero-order valence-corrected chi connectivity index (χ0v) is 41.3. The Bertz CT molecular complexity index is 1020. The number of aldehydes is 1. The molecule has 0 aromatic heterocycles. The predicted molar refractivity (Wildman–Crippen MR) is 256 cm³/mol. The van der Waals surface area contributed by atoms with Crippen molar-refractivity contribution >= 4 is 29.9 Å². The number of carbonyl (C=O) groups is 5. The van der Waals surface area contributed by atoms with E-state index < -0.39 is 18.0 Å². The van der Waals surface area contributed by atoms with Gasteiger partial charge in [-0.3, -0.25) is 14.4 Å². The maximum Gasteiger partial charge on any atom is 0.326 e. The number of ether oxygens (including phenoxy) is 3. The number of nitrogens with one attached hydrogen (secondary N) is 2. The molecule has 1 amide bonds. The van der Waals surface area contributed by atoms with Crippen LogP contribution in [0.15, 0.2) is 12.3 Å². The van der Waals surface area contributed by atoms with Crippen molar-refractivity contribution in [1.82, 2.24) is 10.6 Å². The van der Waals surface area contributed by atoms with E-state index in [4.69, 9.17) is 19.3 Å². The SMILES string of the molecule is C=C(COC)NCCOCCCC(CC)CC=O.CC.CCC(C)C.COCCCCCC(=O)CC[C@H](NC(=O)CCCCCCCCCCCCCCCCC(=O)O)C(=O)O. The first-order valence-electron chi connectivity index (χ1n) is 24.5. The molecule has 0 aliphatic rings. The number of unbranched alkanes of at least 4 members (excludes halogenated alkanes) is 15. The largest absolute Gasteiger partial charge is 0.481 e. The van der Waals surface area contributed by atoms with Gasteiger partial charge in [-0.2, -0.15) is 0 Å². The van der Waals surface area contributed by atoms with Crippen LogP contribution in [0.25, 0.3) is 0 Å². The van der Waals surface area contributed by atoms with Crippen LogP contribution in [0.3, 0.4) is 0 Å². The quantitative estimate of drug-likeness (QED) is 0.0339. The van der Waals surface area contributed by atoms with Gasteiger partial charge in [0.05, 0.1) is 13.2 Å². The summed E-state index contributed by atoms with van der Waals surface area (Å²) in [6.07, 6.45) is 25.7. The summed E-state index contributed by atoms with van der Waals surface area (Å²) in [6, 6.07) is -0.998. The molecule has 0 saturated heterocycles. The Kier molecular flexibility index (Phi) is 57.6. The van der Waals surface area contributed by atoms with Crippen molar-refractivity contribution in [3.63, 3.8) is 0 Å². The van der Waals surface area contributed by atoms with E-state index in [0.29, 0.717) is 51.4 Å². The van der Waals surface area contributed by atoms with Crippen LogP contribution in [0, 0.1) is 11.8 Å². The summed E-state index contributed by atoms with van der Waals surface area (Å²) in [5.41, 5.74) is 0.873. The third-order valence-electron chi connectivity index (χ3n) is 10.4. The van der Waals surface area contributed by atoms with Crippen LogP contribution in [0.2, 0.25) is 0 Å². The minimum Gasteiger partial charge on any atom is -0.481 e. The van der Waals surface area contributed by atoms with Crippen LogP contribution in [0.5, 0.6) is 0 Å². The van der Waals surface area contributed by atoms with Gasteiger partial charge in [0.2, 0.25) is 5.91 Å². The summed E-state index contributed by atoms with van der Waals surface area (Å²) in [5, 5.41) is 23.7. The average Bonchev–Trinajstić information content (AvgIpc) is 3.25. The standard InChI is InChI=1S/C29H53NO7.C14H27NO3.C5H12.C2H6/c1-37-24-18-14-15-19-25(31)22-23-26(29(35)36)30-27(32)20-16-12-10-8-6-4-2-3-5-7-9-11-13-17-21-28(33)34;1-4-14(7-9-16)6-5-10-18-11-8-15-13(2)12-17-3;1-4-5(2)3;1-2/h26H,2-24H2,1H3,(H,30,32)(H,33,34)(H,35,36);9,14-15H,2,4-8,10-12H2,1,3H3;5H,4H2,1-3H3;1-2H3/t26-;;;/m0.../s1. The molecule has 0 aliphatic carbocycles. The molecule has 1 unspecified atom stereocenters. The number of amides is 1. The molecule has 4 N–H and O–H groups in total. The third-order valence-corrected chi connectivity index (χ3v) is 10.4. The molecule has 12 nitrogen and oxygen atoms in total.